The first-order chi connectivity index (χ1) is 17.2. The van der Waals surface area contributed by atoms with E-state index in [4.69, 9.17) is 20.9 Å². The molecule has 13 heteroatoms. The molecule has 0 saturated carbocycles. The number of amides is 3. The van der Waals surface area contributed by atoms with Gasteiger partial charge in [0.15, 0.2) is 5.96 Å². The van der Waals surface area contributed by atoms with E-state index in [9.17, 15) is 19.2 Å². The summed E-state index contributed by atoms with van der Waals surface area (Å²) in [6.07, 6.45) is 4.35. The number of hydrogen-bond donors (Lipinski definition) is 5. The van der Waals surface area contributed by atoms with E-state index in [1.165, 1.54) is 14.0 Å². The van der Waals surface area contributed by atoms with E-state index in [1.807, 2.05) is 0 Å². The average Bonchev–Trinajstić information content (AvgIpc) is 2.84. The van der Waals surface area contributed by atoms with Gasteiger partial charge in [0.2, 0.25) is 17.7 Å². The number of nitrogens with zero attached hydrogens (tertiary/aromatic N) is 1. The molecule has 0 fully saturated rings. The monoisotopic (exact) mass is 538 g/mol. The number of nitrogens with two attached hydrogens (primary N) is 2. The third kappa shape index (κ3) is 11.2. The number of benzene rings is 1. The van der Waals surface area contributed by atoms with Gasteiger partial charge in [0.25, 0.3) is 0 Å². The largest absolute Gasteiger partial charge is 0.490 e. The van der Waals surface area contributed by atoms with Gasteiger partial charge in [-0.3, -0.25) is 19.4 Å². The summed E-state index contributed by atoms with van der Waals surface area (Å²) in [7, 11) is 1.22. The van der Waals surface area contributed by atoms with Crippen LogP contribution in [-0.4, -0.2) is 68.0 Å². The summed E-state index contributed by atoms with van der Waals surface area (Å²) in [5, 5.41) is 7.97. The Bertz CT molecular complexity index is 980. The van der Waals surface area contributed by atoms with Gasteiger partial charge in [-0.05, 0) is 37.0 Å². The molecule has 0 radical (unpaired) electrons. The molecule has 2 aliphatic heterocycles. The zero-order valence-electron chi connectivity index (χ0n) is 20.9. The van der Waals surface area contributed by atoms with Crippen LogP contribution in [-0.2, 0) is 30.3 Å². The fourth-order valence-electron chi connectivity index (χ4n) is 3.53. The Morgan fingerprint density at radius 2 is 1.84 bits per heavy atom. The maximum absolute atomic E-state index is 13.2. The quantitative estimate of drug-likeness (QED) is 0.107. The fraction of sp³-hybridized carbons (Fsp3) is 0.458. The number of rotatable bonds is 6. The van der Waals surface area contributed by atoms with Crippen LogP contribution in [0.25, 0.3) is 0 Å². The minimum absolute atomic E-state index is 0. The topological polar surface area (TPSA) is 187 Å². The van der Waals surface area contributed by atoms with Crippen molar-refractivity contribution in [1.29, 1.82) is 0 Å². The number of guanidine groups is 1. The average molecular weight is 539 g/mol. The lowest BCUT2D eigenvalue weighted by molar-refractivity contribution is -0.145. The Morgan fingerprint density at radius 3 is 2.46 bits per heavy atom. The van der Waals surface area contributed by atoms with E-state index in [0.29, 0.717) is 12.2 Å². The van der Waals surface area contributed by atoms with Crippen LogP contribution in [0.15, 0.2) is 41.4 Å². The maximum Gasteiger partial charge on any atom is 0.328 e. The van der Waals surface area contributed by atoms with E-state index < -0.39 is 41.8 Å². The van der Waals surface area contributed by atoms with Crippen LogP contribution >= 0.6 is 12.4 Å². The highest BCUT2D eigenvalue weighted by molar-refractivity contribution is 5.93. The number of fused-ring (bicyclic) bond motifs is 13. The molecule has 3 amide bonds. The van der Waals surface area contributed by atoms with Crippen molar-refractivity contribution >= 4 is 42.1 Å². The van der Waals surface area contributed by atoms with Gasteiger partial charge in [-0.15, -0.1) is 12.4 Å². The van der Waals surface area contributed by atoms with Crippen molar-refractivity contribution in [2.24, 2.45) is 16.5 Å². The number of ether oxygens (including phenoxy) is 2. The molecule has 12 nitrogen and oxygen atoms in total. The highest BCUT2D eigenvalue weighted by atomic mass is 35.5. The second kappa shape index (κ2) is 16.0. The van der Waals surface area contributed by atoms with Crippen molar-refractivity contribution < 1.29 is 28.7 Å². The number of methoxy groups -OCH3 is 1. The van der Waals surface area contributed by atoms with E-state index in [2.05, 4.69) is 20.9 Å². The van der Waals surface area contributed by atoms with Crippen molar-refractivity contribution in [3.63, 3.8) is 0 Å². The first-order valence-corrected chi connectivity index (χ1v) is 11.6. The molecule has 3 atom stereocenters. The molecule has 0 saturated heterocycles. The normalized spacial score (nSPS) is 21.1. The smallest absolute Gasteiger partial charge is 0.328 e. The Morgan fingerprint density at radius 1 is 1.14 bits per heavy atom. The number of carbonyl (C=O) groups excluding carboxylic acids is 4. The molecule has 2 aliphatic rings. The number of carbonyl (C=O) groups is 4. The summed E-state index contributed by atoms with van der Waals surface area (Å²) in [5.74, 6) is -1.63. The van der Waals surface area contributed by atoms with Gasteiger partial charge in [0.05, 0.1) is 7.11 Å². The summed E-state index contributed by atoms with van der Waals surface area (Å²) in [4.78, 5) is 54.3. The molecule has 2 heterocycles. The Labute approximate surface area is 222 Å². The molecule has 0 aliphatic carbocycles. The minimum Gasteiger partial charge on any atom is -0.490 e. The van der Waals surface area contributed by atoms with Crippen LogP contribution in [0.1, 0.15) is 31.7 Å². The number of nitrogens with one attached hydrogen (secondary N) is 3. The van der Waals surface area contributed by atoms with Crippen molar-refractivity contribution in [2.75, 3.05) is 20.3 Å². The first-order valence-electron chi connectivity index (χ1n) is 11.6. The summed E-state index contributed by atoms with van der Waals surface area (Å²) in [5.41, 5.74) is 11.5. The zero-order chi connectivity index (χ0) is 26.5. The molecule has 3 rings (SSSR count). The number of halogens is 1. The highest BCUT2D eigenvalue weighted by Gasteiger charge is 2.29. The maximum atomic E-state index is 13.2. The van der Waals surface area contributed by atoms with Gasteiger partial charge >= 0.3 is 5.97 Å². The van der Waals surface area contributed by atoms with Crippen LogP contribution in [0, 0.1) is 0 Å². The zero-order valence-corrected chi connectivity index (χ0v) is 21.7. The highest BCUT2D eigenvalue weighted by Crippen LogP contribution is 2.14. The summed E-state index contributed by atoms with van der Waals surface area (Å²) in [6, 6.07) is 4.20. The van der Waals surface area contributed by atoms with Gasteiger partial charge < -0.3 is 36.9 Å². The number of esters is 1. The lowest BCUT2D eigenvalue weighted by Gasteiger charge is -2.24. The predicted molar refractivity (Wildman–Crippen MR) is 140 cm³/mol. The van der Waals surface area contributed by atoms with Crippen LogP contribution in [0.4, 0.5) is 0 Å². The fourth-order valence-corrected chi connectivity index (χ4v) is 3.53. The van der Waals surface area contributed by atoms with E-state index >= 15 is 0 Å². The Balaban J connectivity index is 0.00000684. The summed E-state index contributed by atoms with van der Waals surface area (Å²) in [6.45, 7) is 1.80. The lowest BCUT2D eigenvalue weighted by atomic mass is 10.0. The van der Waals surface area contributed by atoms with Gasteiger partial charge in [-0.2, -0.15) is 0 Å². The van der Waals surface area contributed by atoms with E-state index in [1.54, 1.807) is 36.4 Å². The lowest BCUT2D eigenvalue weighted by Crippen LogP contribution is -2.56. The van der Waals surface area contributed by atoms with Gasteiger partial charge in [0, 0.05) is 19.9 Å². The second-order valence-corrected chi connectivity index (χ2v) is 8.21. The van der Waals surface area contributed by atoms with Crippen molar-refractivity contribution in [3.05, 3.63) is 42.0 Å². The standard InChI is InChI=1S/C24H34N6O6.ClH/c1-15(31)28-20-14-16-8-10-17(11-9-16)36-13-4-3-6-19(23(34)35-2)30-21(32)18(29-22(20)33)7-5-12-27-24(25)26;/h3-4,8-11,18-20H,5-7,12-14H2,1-2H3,(H,28,31)(H,29,33)(H,30,32)(H4,25,26,27);1H/b4-3-;/t18-,19+,20+;/m1./s1. The van der Waals surface area contributed by atoms with Gasteiger partial charge in [-0.1, -0.05) is 24.3 Å². The van der Waals surface area contributed by atoms with Crippen molar-refractivity contribution in [1.82, 2.24) is 16.0 Å². The predicted octanol–water partition coefficient (Wildman–Crippen LogP) is -0.309. The Hall–Kier alpha value is -3.80. The molecule has 204 valence electrons. The van der Waals surface area contributed by atoms with Crippen molar-refractivity contribution in [2.45, 2.75) is 50.7 Å². The molecule has 0 unspecified atom stereocenters. The van der Waals surface area contributed by atoms with E-state index in [0.717, 1.165) is 5.56 Å². The molecule has 7 N–H and O–H groups in total. The molecule has 2 bridgehead atoms. The molecule has 1 aromatic rings. The first kappa shape index (κ1) is 31.2. The molecule has 0 spiro atoms. The van der Waals surface area contributed by atoms with Gasteiger partial charge in [-0.25, -0.2) is 4.79 Å². The minimum atomic E-state index is -1.01. The van der Waals surface area contributed by atoms with Crippen LogP contribution in [0.5, 0.6) is 5.75 Å². The molecular formula is C24H35ClN6O6. The molecule has 0 aromatic heterocycles. The van der Waals surface area contributed by atoms with E-state index in [-0.39, 0.29) is 50.8 Å². The third-order valence-electron chi connectivity index (χ3n) is 5.32. The van der Waals surface area contributed by atoms with Crippen LogP contribution in [0.2, 0.25) is 0 Å². The van der Waals surface area contributed by atoms with Gasteiger partial charge in [0.1, 0.15) is 30.5 Å². The number of hydrogen-bond acceptors (Lipinski definition) is 7. The summed E-state index contributed by atoms with van der Waals surface area (Å²) >= 11 is 0. The number of aliphatic imine (C=N–C) groups is 1. The van der Waals surface area contributed by atoms with Crippen LogP contribution < -0.4 is 32.2 Å². The summed E-state index contributed by atoms with van der Waals surface area (Å²) < 4.78 is 10.5. The second-order valence-electron chi connectivity index (χ2n) is 8.21. The molecular weight excluding hydrogens is 504 g/mol. The molecule has 37 heavy (non-hydrogen) atoms. The SMILES string of the molecule is COC(=O)[C@@H]1C/C=C\COc2ccc(cc2)C[C@H](NC(C)=O)C(=O)N[C@H](CCCN=C(N)N)C(=O)N1.Cl. The Kier molecular flexibility index (Phi) is 13.5. The van der Waals surface area contributed by atoms with Crippen LogP contribution in [0.3, 0.4) is 0 Å². The third-order valence-corrected chi connectivity index (χ3v) is 5.32. The molecule has 1 aromatic carbocycles. The van der Waals surface area contributed by atoms with Crippen molar-refractivity contribution in [3.8, 4) is 5.75 Å².